The number of nitrogens with one attached hydrogen (secondary N) is 1. The van der Waals surface area contributed by atoms with E-state index in [2.05, 4.69) is 9.62 Å². The van der Waals surface area contributed by atoms with Crippen LogP contribution in [-0.2, 0) is 10.0 Å². The van der Waals surface area contributed by atoms with Gasteiger partial charge in [-0.05, 0) is 51.8 Å². The number of β-amino-alcohol motifs (C(OH)–C–C–N with tert-alkyl or cyclic N) is 1. The van der Waals surface area contributed by atoms with Gasteiger partial charge < -0.3 is 10.0 Å². The van der Waals surface area contributed by atoms with Crippen molar-refractivity contribution in [3.63, 3.8) is 0 Å². The molecule has 1 aromatic rings. The number of sulfonamides is 1. The molecule has 1 aromatic carbocycles. The van der Waals surface area contributed by atoms with Crippen LogP contribution in [0.5, 0.6) is 0 Å². The molecule has 0 unspecified atom stereocenters. The van der Waals surface area contributed by atoms with E-state index in [0.717, 1.165) is 38.8 Å². The summed E-state index contributed by atoms with van der Waals surface area (Å²) in [6.07, 6.45) is 6.30. The molecular formula is C19H29N3O5S. The molecule has 1 heterocycles. The molecule has 2 N–H and O–H groups in total. The molecule has 28 heavy (non-hydrogen) atoms. The molecule has 0 radical (unpaired) electrons. The van der Waals surface area contributed by atoms with Crippen LogP contribution in [0.15, 0.2) is 23.1 Å². The Hall–Kier alpha value is -1.55. The van der Waals surface area contributed by atoms with E-state index in [-0.39, 0.29) is 22.2 Å². The SMILES string of the molecule is Cc1c([N+](=O)[O-])cccc1S(=O)(=O)NC1CCN(CC2(O)CCCCC2)CC1. The molecule has 1 aliphatic carbocycles. The van der Waals surface area contributed by atoms with Gasteiger partial charge in [-0.25, -0.2) is 13.1 Å². The lowest BCUT2D eigenvalue weighted by atomic mass is 9.84. The van der Waals surface area contributed by atoms with Crippen LogP contribution in [0.1, 0.15) is 50.5 Å². The number of nitrogens with zero attached hydrogens (tertiary/aromatic N) is 2. The van der Waals surface area contributed by atoms with Crippen molar-refractivity contribution >= 4 is 15.7 Å². The number of piperidine rings is 1. The summed E-state index contributed by atoms with van der Waals surface area (Å²) in [7, 11) is -3.83. The van der Waals surface area contributed by atoms with Crippen molar-refractivity contribution in [3.8, 4) is 0 Å². The van der Waals surface area contributed by atoms with Gasteiger partial charge in [0.1, 0.15) is 0 Å². The maximum atomic E-state index is 12.8. The van der Waals surface area contributed by atoms with Crippen LogP contribution >= 0.6 is 0 Å². The Kier molecular flexibility index (Phi) is 6.38. The van der Waals surface area contributed by atoms with E-state index in [1.807, 2.05) is 0 Å². The van der Waals surface area contributed by atoms with E-state index in [0.29, 0.717) is 19.4 Å². The first-order valence-corrected chi connectivity index (χ1v) is 11.4. The molecule has 156 valence electrons. The number of likely N-dealkylation sites (tertiary alicyclic amines) is 1. The molecule has 3 rings (SSSR count). The minimum atomic E-state index is -3.83. The summed E-state index contributed by atoms with van der Waals surface area (Å²) in [5, 5.41) is 21.8. The predicted octanol–water partition coefficient (Wildman–Crippen LogP) is 2.34. The van der Waals surface area contributed by atoms with Crippen molar-refractivity contribution in [1.82, 2.24) is 9.62 Å². The summed E-state index contributed by atoms with van der Waals surface area (Å²) in [6, 6.07) is 3.90. The number of aliphatic hydroxyl groups is 1. The summed E-state index contributed by atoms with van der Waals surface area (Å²) in [5.41, 5.74) is -0.652. The second-order valence-electron chi connectivity index (χ2n) is 8.11. The van der Waals surface area contributed by atoms with Crippen molar-refractivity contribution in [2.75, 3.05) is 19.6 Å². The van der Waals surface area contributed by atoms with Gasteiger partial charge in [-0.15, -0.1) is 0 Å². The van der Waals surface area contributed by atoms with Crippen molar-refractivity contribution in [2.45, 2.75) is 68.4 Å². The highest BCUT2D eigenvalue weighted by atomic mass is 32.2. The molecule has 0 amide bonds. The molecule has 9 heteroatoms. The van der Waals surface area contributed by atoms with E-state index in [9.17, 15) is 23.6 Å². The van der Waals surface area contributed by atoms with Crippen LogP contribution in [-0.4, -0.2) is 54.6 Å². The van der Waals surface area contributed by atoms with Crippen molar-refractivity contribution in [1.29, 1.82) is 0 Å². The average Bonchev–Trinajstić information content (AvgIpc) is 2.63. The Balaban J connectivity index is 1.60. The monoisotopic (exact) mass is 411 g/mol. The molecule has 1 saturated heterocycles. The van der Waals surface area contributed by atoms with Gasteiger partial charge >= 0.3 is 0 Å². The maximum Gasteiger partial charge on any atom is 0.273 e. The fourth-order valence-corrected chi connectivity index (χ4v) is 5.93. The molecule has 0 spiro atoms. The normalized spacial score (nSPS) is 21.5. The third-order valence-corrected chi connectivity index (χ3v) is 7.62. The summed E-state index contributed by atoms with van der Waals surface area (Å²) in [4.78, 5) is 12.7. The molecule has 2 aliphatic rings. The van der Waals surface area contributed by atoms with E-state index in [1.54, 1.807) is 0 Å². The summed E-state index contributed by atoms with van der Waals surface area (Å²) >= 11 is 0. The highest BCUT2D eigenvalue weighted by molar-refractivity contribution is 7.89. The molecule has 1 saturated carbocycles. The molecule has 2 fully saturated rings. The number of benzene rings is 1. The molecular weight excluding hydrogens is 382 g/mol. The number of hydrogen-bond donors (Lipinski definition) is 2. The molecule has 1 aliphatic heterocycles. The summed E-state index contributed by atoms with van der Waals surface area (Å²) in [5.74, 6) is 0. The van der Waals surface area contributed by atoms with Gasteiger partial charge in [-0.2, -0.15) is 0 Å². The summed E-state index contributed by atoms with van der Waals surface area (Å²) in [6.45, 7) is 3.56. The molecule has 0 bridgehead atoms. The largest absolute Gasteiger partial charge is 0.389 e. The lowest BCUT2D eigenvalue weighted by Crippen LogP contribution is -2.50. The number of hydrogen-bond acceptors (Lipinski definition) is 6. The highest BCUT2D eigenvalue weighted by Gasteiger charge is 2.33. The minimum Gasteiger partial charge on any atom is -0.389 e. The first kappa shape index (κ1) is 21.2. The van der Waals surface area contributed by atoms with Crippen molar-refractivity contribution in [2.24, 2.45) is 0 Å². The zero-order chi connectivity index (χ0) is 20.4. The standard InChI is InChI=1S/C19H29N3O5S/c1-15-17(22(24)25)6-5-7-18(15)28(26,27)20-16-8-12-21(13-9-16)14-19(23)10-3-2-4-11-19/h5-7,16,20,23H,2-4,8-14H2,1H3. The van der Waals surface area contributed by atoms with E-state index < -0.39 is 20.5 Å². The Morgan fingerprint density at radius 2 is 1.89 bits per heavy atom. The van der Waals surface area contributed by atoms with Gasteiger partial charge in [-0.1, -0.05) is 25.3 Å². The van der Waals surface area contributed by atoms with Gasteiger partial charge in [0.05, 0.1) is 15.4 Å². The van der Waals surface area contributed by atoms with Gasteiger partial charge in [0.25, 0.3) is 5.69 Å². The Bertz CT molecular complexity index is 813. The van der Waals surface area contributed by atoms with Crippen molar-refractivity contribution < 1.29 is 18.4 Å². The highest BCUT2D eigenvalue weighted by Crippen LogP contribution is 2.30. The average molecular weight is 412 g/mol. The second kappa shape index (κ2) is 8.44. The van der Waals surface area contributed by atoms with E-state index in [1.165, 1.54) is 31.5 Å². The first-order chi connectivity index (χ1) is 13.2. The van der Waals surface area contributed by atoms with Gasteiger partial charge in [0.15, 0.2) is 0 Å². The lowest BCUT2D eigenvalue weighted by molar-refractivity contribution is -0.385. The fourth-order valence-electron chi connectivity index (χ4n) is 4.37. The first-order valence-electron chi connectivity index (χ1n) is 9.91. The quantitative estimate of drug-likeness (QED) is 0.549. The van der Waals surface area contributed by atoms with Gasteiger partial charge in [0.2, 0.25) is 10.0 Å². The van der Waals surface area contributed by atoms with Crippen LogP contribution in [0.25, 0.3) is 0 Å². The zero-order valence-electron chi connectivity index (χ0n) is 16.3. The van der Waals surface area contributed by atoms with Crippen molar-refractivity contribution in [3.05, 3.63) is 33.9 Å². The Morgan fingerprint density at radius 1 is 1.25 bits per heavy atom. The minimum absolute atomic E-state index is 0.0411. The smallest absolute Gasteiger partial charge is 0.273 e. The maximum absolute atomic E-state index is 12.8. The van der Waals surface area contributed by atoms with Crippen LogP contribution in [0.3, 0.4) is 0 Å². The fraction of sp³-hybridized carbons (Fsp3) is 0.684. The second-order valence-corrected chi connectivity index (χ2v) is 9.80. The van der Waals surface area contributed by atoms with Crippen LogP contribution in [0.2, 0.25) is 0 Å². The van der Waals surface area contributed by atoms with E-state index >= 15 is 0 Å². The zero-order valence-corrected chi connectivity index (χ0v) is 17.1. The lowest BCUT2D eigenvalue weighted by Gasteiger charge is -2.40. The van der Waals surface area contributed by atoms with Crippen LogP contribution < -0.4 is 4.72 Å². The topological polar surface area (TPSA) is 113 Å². The van der Waals surface area contributed by atoms with E-state index in [4.69, 9.17) is 0 Å². The third kappa shape index (κ3) is 4.89. The Morgan fingerprint density at radius 3 is 2.50 bits per heavy atom. The van der Waals surface area contributed by atoms with Crippen LogP contribution in [0.4, 0.5) is 5.69 Å². The van der Waals surface area contributed by atoms with Gasteiger partial charge in [0, 0.05) is 24.2 Å². The number of nitro groups is 1. The predicted molar refractivity (Wildman–Crippen MR) is 106 cm³/mol. The Labute approximate surface area is 166 Å². The number of nitro benzene ring substituents is 1. The molecule has 0 atom stereocenters. The molecule has 8 nitrogen and oxygen atoms in total. The van der Waals surface area contributed by atoms with Crippen LogP contribution in [0, 0.1) is 17.0 Å². The number of rotatable bonds is 6. The summed E-state index contributed by atoms with van der Waals surface area (Å²) < 4.78 is 28.2. The molecule has 0 aromatic heterocycles. The third-order valence-electron chi connectivity index (χ3n) is 5.95. The van der Waals surface area contributed by atoms with Gasteiger partial charge in [-0.3, -0.25) is 10.1 Å².